The Kier molecular flexibility index (Phi) is 5.18. The number of hydrogen-bond donors (Lipinski definition) is 1. The number of piperidine rings is 1. The topological polar surface area (TPSA) is 59.5 Å². The molecule has 1 saturated heterocycles. The molecule has 140 valence electrons. The van der Waals surface area contributed by atoms with Gasteiger partial charge in [-0.05, 0) is 43.2 Å². The minimum absolute atomic E-state index is 0.0761. The van der Waals surface area contributed by atoms with Crippen molar-refractivity contribution in [3.63, 3.8) is 0 Å². The molecule has 1 aromatic heterocycles. The van der Waals surface area contributed by atoms with Gasteiger partial charge in [0.25, 0.3) is 5.91 Å². The van der Waals surface area contributed by atoms with Crippen molar-refractivity contribution in [3.05, 3.63) is 65.7 Å². The van der Waals surface area contributed by atoms with Gasteiger partial charge in [-0.1, -0.05) is 18.2 Å². The minimum Gasteiger partial charge on any atom is -0.451 e. The molecule has 4 rings (SSSR count). The Morgan fingerprint density at radius 2 is 1.85 bits per heavy atom. The molecule has 0 unspecified atom stereocenters. The van der Waals surface area contributed by atoms with Gasteiger partial charge in [-0.3, -0.25) is 4.79 Å². The predicted molar refractivity (Wildman–Crippen MR) is 105 cm³/mol. The first-order chi connectivity index (χ1) is 13.1. The normalized spacial score (nSPS) is 15.4. The van der Waals surface area contributed by atoms with Crippen LogP contribution >= 0.6 is 11.8 Å². The molecule has 27 heavy (non-hydrogen) atoms. The van der Waals surface area contributed by atoms with Gasteiger partial charge in [0.15, 0.2) is 5.76 Å². The molecule has 0 radical (unpaired) electrons. The number of nitrogens with zero attached hydrogens (tertiary/aromatic N) is 1. The van der Waals surface area contributed by atoms with E-state index in [-0.39, 0.29) is 17.8 Å². The molecule has 0 aliphatic carbocycles. The second-order valence-corrected chi connectivity index (χ2v) is 7.83. The Morgan fingerprint density at radius 1 is 1.15 bits per heavy atom. The Labute approximate surface area is 161 Å². The molecule has 1 aliphatic heterocycles. The SMILES string of the molecule is NC1CCN(C(=O)c2oc3ccccc3c2CSc2ccc(F)cc2)CC1. The molecule has 2 aromatic carbocycles. The summed E-state index contributed by atoms with van der Waals surface area (Å²) in [5.74, 6) is 0.651. The molecule has 1 amide bonds. The molecule has 2 N–H and O–H groups in total. The van der Waals surface area contributed by atoms with E-state index >= 15 is 0 Å². The number of thioether (sulfide) groups is 1. The third-order valence-corrected chi connectivity index (χ3v) is 5.95. The first kappa shape index (κ1) is 18.1. The van der Waals surface area contributed by atoms with E-state index in [4.69, 9.17) is 10.2 Å². The molecule has 1 aliphatic rings. The fourth-order valence-electron chi connectivity index (χ4n) is 3.35. The number of carbonyl (C=O) groups excluding carboxylic acids is 1. The third-order valence-electron chi connectivity index (χ3n) is 4.92. The average molecular weight is 384 g/mol. The summed E-state index contributed by atoms with van der Waals surface area (Å²) in [7, 11) is 0. The van der Waals surface area contributed by atoms with Crippen LogP contribution in [0.4, 0.5) is 4.39 Å². The van der Waals surface area contributed by atoms with Crippen molar-refractivity contribution in [3.8, 4) is 0 Å². The lowest BCUT2D eigenvalue weighted by atomic mass is 10.1. The second-order valence-electron chi connectivity index (χ2n) is 6.78. The number of benzene rings is 2. The van der Waals surface area contributed by atoms with Gasteiger partial charge in [0.2, 0.25) is 0 Å². The van der Waals surface area contributed by atoms with Crippen molar-refractivity contribution in [2.75, 3.05) is 13.1 Å². The molecule has 0 saturated carbocycles. The number of fused-ring (bicyclic) bond motifs is 1. The number of furan rings is 1. The Morgan fingerprint density at radius 3 is 2.59 bits per heavy atom. The predicted octanol–water partition coefficient (Wildman–Crippen LogP) is 4.43. The standard InChI is InChI=1S/C21H21FN2O2S/c22-14-5-7-16(8-6-14)27-13-18-17-3-1-2-4-19(17)26-20(18)21(25)24-11-9-15(23)10-12-24/h1-8,15H,9-13,23H2. The maximum absolute atomic E-state index is 13.1. The smallest absolute Gasteiger partial charge is 0.289 e. The Hall–Kier alpha value is -2.31. The van der Waals surface area contributed by atoms with Crippen LogP contribution in [0.1, 0.15) is 29.0 Å². The van der Waals surface area contributed by atoms with Gasteiger partial charge in [0, 0.05) is 40.7 Å². The van der Waals surface area contributed by atoms with Crippen LogP contribution < -0.4 is 5.73 Å². The summed E-state index contributed by atoms with van der Waals surface area (Å²) in [6, 6.07) is 14.2. The number of rotatable bonds is 4. The van der Waals surface area contributed by atoms with Gasteiger partial charge in [-0.2, -0.15) is 0 Å². The molecule has 0 spiro atoms. The summed E-state index contributed by atoms with van der Waals surface area (Å²) in [5.41, 5.74) is 7.56. The zero-order valence-corrected chi connectivity index (χ0v) is 15.7. The van der Waals surface area contributed by atoms with E-state index in [1.807, 2.05) is 29.2 Å². The maximum atomic E-state index is 13.1. The van der Waals surface area contributed by atoms with E-state index in [2.05, 4.69) is 0 Å². The summed E-state index contributed by atoms with van der Waals surface area (Å²) >= 11 is 1.56. The Balaban J connectivity index is 1.62. The van der Waals surface area contributed by atoms with Crippen molar-refractivity contribution in [2.24, 2.45) is 5.73 Å². The van der Waals surface area contributed by atoms with Crippen LogP contribution in [0.25, 0.3) is 11.0 Å². The molecule has 1 fully saturated rings. The van der Waals surface area contributed by atoms with Crippen molar-refractivity contribution < 1.29 is 13.6 Å². The van der Waals surface area contributed by atoms with Gasteiger partial charge in [0.05, 0.1) is 0 Å². The highest BCUT2D eigenvalue weighted by Gasteiger charge is 2.27. The van der Waals surface area contributed by atoms with Crippen molar-refractivity contribution in [1.29, 1.82) is 0 Å². The van der Waals surface area contributed by atoms with E-state index in [1.165, 1.54) is 12.1 Å². The highest BCUT2D eigenvalue weighted by molar-refractivity contribution is 7.98. The van der Waals surface area contributed by atoms with Gasteiger partial charge >= 0.3 is 0 Å². The van der Waals surface area contributed by atoms with Crippen LogP contribution in [-0.4, -0.2) is 29.9 Å². The third kappa shape index (κ3) is 3.87. The summed E-state index contributed by atoms with van der Waals surface area (Å²) in [5, 5.41) is 0.948. The first-order valence-corrected chi connectivity index (χ1v) is 10.0. The van der Waals surface area contributed by atoms with E-state index in [1.54, 1.807) is 23.9 Å². The van der Waals surface area contributed by atoms with Crippen LogP contribution in [0.3, 0.4) is 0 Å². The molecule has 0 bridgehead atoms. The Bertz CT molecular complexity index is 946. The summed E-state index contributed by atoms with van der Waals surface area (Å²) in [4.78, 5) is 15.9. The number of amides is 1. The van der Waals surface area contributed by atoms with Crippen LogP contribution in [0.15, 0.2) is 57.8 Å². The largest absolute Gasteiger partial charge is 0.451 e. The summed E-state index contributed by atoms with van der Waals surface area (Å²) in [6.07, 6.45) is 1.62. The van der Waals surface area contributed by atoms with E-state index in [9.17, 15) is 9.18 Å². The molecule has 6 heteroatoms. The number of halogens is 1. The number of hydrogen-bond acceptors (Lipinski definition) is 4. The maximum Gasteiger partial charge on any atom is 0.289 e. The quantitative estimate of drug-likeness (QED) is 0.676. The van der Waals surface area contributed by atoms with E-state index in [0.29, 0.717) is 30.2 Å². The molecular formula is C21H21FN2O2S. The fourth-order valence-corrected chi connectivity index (χ4v) is 4.27. The molecule has 3 aromatic rings. The zero-order chi connectivity index (χ0) is 18.8. The average Bonchev–Trinajstić information content (AvgIpc) is 3.06. The van der Waals surface area contributed by atoms with Crippen LogP contribution in [-0.2, 0) is 5.75 Å². The number of carbonyl (C=O) groups is 1. The lowest BCUT2D eigenvalue weighted by molar-refractivity contribution is 0.0684. The monoisotopic (exact) mass is 384 g/mol. The van der Waals surface area contributed by atoms with Gasteiger partial charge in [-0.15, -0.1) is 11.8 Å². The van der Waals surface area contributed by atoms with Crippen LogP contribution in [0.2, 0.25) is 0 Å². The van der Waals surface area contributed by atoms with E-state index in [0.717, 1.165) is 28.7 Å². The van der Waals surface area contributed by atoms with Crippen molar-refractivity contribution in [1.82, 2.24) is 4.90 Å². The van der Waals surface area contributed by atoms with Crippen LogP contribution in [0, 0.1) is 5.82 Å². The lowest BCUT2D eigenvalue weighted by Gasteiger charge is -2.29. The van der Waals surface area contributed by atoms with Crippen molar-refractivity contribution in [2.45, 2.75) is 29.5 Å². The number of para-hydroxylation sites is 1. The number of nitrogens with two attached hydrogens (primary N) is 1. The molecule has 4 nitrogen and oxygen atoms in total. The number of likely N-dealkylation sites (tertiary alicyclic amines) is 1. The molecule has 0 atom stereocenters. The molecular weight excluding hydrogens is 363 g/mol. The van der Waals surface area contributed by atoms with Gasteiger partial charge < -0.3 is 15.1 Å². The highest BCUT2D eigenvalue weighted by Crippen LogP contribution is 2.33. The highest BCUT2D eigenvalue weighted by atomic mass is 32.2. The summed E-state index contributed by atoms with van der Waals surface area (Å²) < 4.78 is 19.1. The zero-order valence-electron chi connectivity index (χ0n) is 14.9. The minimum atomic E-state index is -0.257. The fraction of sp³-hybridized carbons (Fsp3) is 0.286. The van der Waals surface area contributed by atoms with Gasteiger partial charge in [-0.25, -0.2) is 4.39 Å². The summed E-state index contributed by atoms with van der Waals surface area (Å²) in [6.45, 7) is 1.31. The second kappa shape index (κ2) is 7.74. The van der Waals surface area contributed by atoms with Gasteiger partial charge in [0.1, 0.15) is 11.4 Å². The first-order valence-electron chi connectivity index (χ1n) is 9.05. The van der Waals surface area contributed by atoms with E-state index < -0.39 is 0 Å². The lowest BCUT2D eigenvalue weighted by Crippen LogP contribution is -2.42. The molecule has 2 heterocycles. The van der Waals surface area contributed by atoms with Crippen LogP contribution in [0.5, 0.6) is 0 Å². The van der Waals surface area contributed by atoms with Crippen molar-refractivity contribution >= 4 is 28.6 Å².